The Morgan fingerprint density at radius 3 is 1.42 bits per heavy atom. The molecule has 2 aliphatic rings. The van der Waals surface area contributed by atoms with Crippen molar-refractivity contribution in [3.63, 3.8) is 0 Å². The Labute approximate surface area is 311 Å². The highest BCUT2D eigenvalue weighted by atomic mass is 16.7. The molecule has 0 radical (unpaired) electrons. The summed E-state index contributed by atoms with van der Waals surface area (Å²) in [6.07, 6.45) is 3.98. The lowest BCUT2D eigenvalue weighted by Crippen LogP contribution is -2.63. The third-order valence-corrected chi connectivity index (χ3v) is 10.3. The standard InChI is InChI=1S/C38H71NO13/c1-5-7-9-17-20-26(50-30(41)23-16-8-6-2)21-18-14-12-10-11-13-15-19-22-29(40)39(24-27-31(42)33(44)35(46)37(48-3)51-27)25-28-32(43)34(45)36(47)38(49-4)52-28/h26-28,31-38,42-47H,5-25H2,1-4H3/t26-,27-,28-,31-,32-,33+,34+,35-,36-,37+,38+/m1/s1. The number of ether oxygens (including phenoxy) is 5. The molecule has 2 fully saturated rings. The van der Waals surface area contributed by atoms with Crippen LogP contribution >= 0.6 is 0 Å². The molecule has 0 aromatic rings. The fourth-order valence-corrected chi connectivity index (χ4v) is 6.93. The van der Waals surface area contributed by atoms with E-state index in [0.717, 1.165) is 83.5 Å². The predicted molar refractivity (Wildman–Crippen MR) is 193 cm³/mol. The van der Waals surface area contributed by atoms with Crippen molar-refractivity contribution in [3.8, 4) is 0 Å². The summed E-state index contributed by atoms with van der Waals surface area (Å²) in [7, 11) is 2.56. The van der Waals surface area contributed by atoms with E-state index in [1.165, 1.54) is 38.4 Å². The first-order valence-electron chi connectivity index (χ1n) is 19.9. The number of hydrogen-bond acceptors (Lipinski definition) is 13. The monoisotopic (exact) mass is 749 g/mol. The van der Waals surface area contributed by atoms with Crippen molar-refractivity contribution >= 4 is 11.9 Å². The lowest BCUT2D eigenvalue weighted by Gasteiger charge is -2.44. The second-order valence-electron chi connectivity index (χ2n) is 14.6. The summed E-state index contributed by atoms with van der Waals surface area (Å²) < 4.78 is 27.4. The topological polar surface area (TPSA) is 205 Å². The van der Waals surface area contributed by atoms with Crippen LogP contribution in [0.5, 0.6) is 0 Å². The second kappa shape index (κ2) is 26.4. The quantitative estimate of drug-likeness (QED) is 0.0529. The molecule has 0 saturated carbocycles. The van der Waals surface area contributed by atoms with Gasteiger partial charge in [-0.2, -0.15) is 0 Å². The first-order chi connectivity index (χ1) is 25.0. The maximum atomic E-state index is 13.5. The molecule has 6 N–H and O–H groups in total. The largest absolute Gasteiger partial charge is 0.462 e. The predicted octanol–water partition coefficient (Wildman–Crippen LogP) is 3.09. The highest BCUT2D eigenvalue weighted by Crippen LogP contribution is 2.26. The minimum atomic E-state index is -1.58. The molecule has 2 rings (SSSR count). The van der Waals surface area contributed by atoms with Crippen molar-refractivity contribution < 1.29 is 63.9 Å². The number of aliphatic hydroxyl groups excluding tert-OH is 6. The maximum absolute atomic E-state index is 13.5. The van der Waals surface area contributed by atoms with Crippen LogP contribution < -0.4 is 0 Å². The molecule has 0 aromatic carbocycles. The average molecular weight is 750 g/mol. The van der Waals surface area contributed by atoms with E-state index in [0.29, 0.717) is 12.8 Å². The Balaban J connectivity index is 1.81. The zero-order chi connectivity index (χ0) is 38.5. The molecule has 0 spiro atoms. The van der Waals surface area contributed by atoms with E-state index in [1.54, 1.807) is 0 Å². The van der Waals surface area contributed by atoms with Gasteiger partial charge in [-0.1, -0.05) is 84.5 Å². The summed E-state index contributed by atoms with van der Waals surface area (Å²) in [4.78, 5) is 27.2. The van der Waals surface area contributed by atoms with Gasteiger partial charge in [0.1, 0.15) is 54.9 Å². The van der Waals surface area contributed by atoms with E-state index in [2.05, 4.69) is 13.8 Å². The molecule has 11 atom stereocenters. The molecule has 14 heteroatoms. The summed E-state index contributed by atoms with van der Waals surface area (Å²) >= 11 is 0. The molecule has 0 bridgehead atoms. The molecule has 52 heavy (non-hydrogen) atoms. The van der Waals surface area contributed by atoms with Crippen LogP contribution in [0.3, 0.4) is 0 Å². The highest BCUT2D eigenvalue weighted by Gasteiger charge is 2.47. The first kappa shape index (κ1) is 46.7. The number of aliphatic hydroxyl groups is 6. The molecular weight excluding hydrogens is 678 g/mol. The normalized spacial score (nSPS) is 29.9. The van der Waals surface area contributed by atoms with Crippen LogP contribution in [-0.4, -0.2) is 142 Å². The molecule has 2 aliphatic heterocycles. The number of esters is 1. The van der Waals surface area contributed by atoms with E-state index in [-0.39, 0.29) is 37.5 Å². The number of hydrogen-bond donors (Lipinski definition) is 6. The molecular formula is C38H71NO13. The van der Waals surface area contributed by atoms with Gasteiger partial charge in [-0.3, -0.25) is 9.59 Å². The smallest absolute Gasteiger partial charge is 0.306 e. The van der Waals surface area contributed by atoms with Crippen molar-refractivity contribution in [3.05, 3.63) is 0 Å². The summed E-state index contributed by atoms with van der Waals surface area (Å²) in [5.41, 5.74) is 0. The van der Waals surface area contributed by atoms with Crippen molar-refractivity contribution in [2.24, 2.45) is 0 Å². The molecule has 306 valence electrons. The number of nitrogens with zero attached hydrogens (tertiary/aromatic N) is 1. The number of rotatable bonds is 27. The fourth-order valence-electron chi connectivity index (χ4n) is 6.93. The Kier molecular flexibility index (Phi) is 23.7. The van der Waals surface area contributed by atoms with Gasteiger partial charge >= 0.3 is 5.97 Å². The number of amides is 1. The van der Waals surface area contributed by atoms with E-state index < -0.39 is 61.4 Å². The Morgan fingerprint density at radius 2 is 0.962 bits per heavy atom. The molecule has 0 unspecified atom stereocenters. The zero-order valence-corrected chi connectivity index (χ0v) is 32.2. The van der Waals surface area contributed by atoms with Crippen LogP contribution in [0.4, 0.5) is 0 Å². The number of carbonyl (C=O) groups is 2. The minimum Gasteiger partial charge on any atom is -0.462 e. The molecule has 0 aromatic heterocycles. The average Bonchev–Trinajstić information content (AvgIpc) is 3.13. The first-order valence-corrected chi connectivity index (χ1v) is 19.9. The van der Waals surface area contributed by atoms with Gasteiger partial charge in [0.15, 0.2) is 12.6 Å². The number of methoxy groups -OCH3 is 2. The highest BCUT2D eigenvalue weighted by molar-refractivity contribution is 5.76. The van der Waals surface area contributed by atoms with Crippen LogP contribution in [0.2, 0.25) is 0 Å². The van der Waals surface area contributed by atoms with E-state index in [9.17, 15) is 40.2 Å². The molecule has 2 saturated heterocycles. The van der Waals surface area contributed by atoms with Gasteiger partial charge in [0.25, 0.3) is 0 Å². The van der Waals surface area contributed by atoms with Gasteiger partial charge in [0, 0.05) is 40.2 Å². The number of carbonyl (C=O) groups excluding carboxylic acids is 2. The van der Waals surface area contributed by atoms with Crippen molar-refractivity contribution in [1.29, 1.82) is 0 Å². The van der Waals surface area contributed by atoms with Gasteiger partial charge in [-0.05, 0) is 38.5 Å². The summed E-state index contributed by atoms with van der Waals surface area (Å²) in [5.74, 6) is -0.377. The summed E-state index contributed by atoms with van der Waals surface area (Å²) in [6, 6.07) is 0. The van der Waals surface area contributed by atoms with E-state index in [4.69, 9.17) is 23.7 Å². The van der Waals surface area contributed by atoms with Gasteiger partial charge < -0.3 is 59.2 Å². The van der Waals surface area contributed by atoms with Crippen molar-refractivity contribution in [2.75, 3.05) is 27.3 Å². The minimum absolute atomic E-state index is 0.0140. The van der Waals surface area contributed by atoms with Crippen molar-refractivity contribution in [2.45, 2.75) is 203 Å². The van der Waals surface area contributed by atoms with Crippen LogP contribution in [0.15, 0.2) is 0 Å². The maximum Gasteiger partial charge on any atom is 0.306 e. The summed E-state index contributed by atoms with van der Waals surface area (Å²) in [5, 5.41) is 62.4. The fraction of sp³-hybridized carbons (Fsp3) is 0.947. The Morgan fingerprint density at radius 1 is 0.558 bits per heavy atom. The molecule has 0 aliphatic carbocycles. The molecule has 14 nitrogen and oxygen atoms in total. The third-order valence-electron chi connectivity index (χ3n) is 10.3. The molecule has 1 amide bonds. The van der Waals surface area contributed by atoms with Crippen LogP contribution in [-0.2, 0) is 33.3 Å². The second-order valence-corrected chi connectivity index (χ2v) is 14.6. The Bertz CT molecular complexity index is 918. The van der Waals surface area contributed by atoms with Gasteiger partial charge in [0.05, 0.1) is 0 Å². The SMILES string of the molecule is CCCCCC[C@H](CCCCCCCCCCC(=O)N(C[C@H]1O[C@H](OC)[C@H](O)[C@@H](O)[C@@H]1O)C[C@H]1O[C@H](OC)[C@H](O)[C@@H](O)[C@@H]1O)OC(=O)CCCCC. The van der Waals surface area contributed by atoms with Crippen molar-refractivity contribution in [1.82, 2.24) is 4.90 Å². The van der Waals surface area contributed by atoms with Gasteiger partial charge in [-0.25, -0.2) is 0 Å². The van der Waals surface area contributed by atoms with Crippen LogP contribution in [0, 0.1) is 0 Å². The van der Waals surface area contributed by atoms with Gasteiger partial charge in [-0.15, -0.1) is 0 Å². The van der Waals surface area contributed by atoms with E-state index in [1.807, 2.05) is 0 Å². The Hall–Kier alpha value is -1.46. The van der Waals surface area contributed by atoms with E-state index >= 15 is 0 Å². The lowest BCUT2D eigenvalue weighted by molar-refractivity contribution is -0.298. The van der Waals surface area contributed by atoms with Gasteiger partial charge in [0.2, 0.25) is 5.91 Å². The third kappa shape index (κ3) is 16.1. The lowest BCUT2D eigenvalue weighted by atomic mass is 9.96. The molecule has 2 heterocycles. The van der Waals surface area contributed by atoms with Crippen LogP contribution in [0.1, 0.15) is 136 Å². The zero-order valence-electron chi connectivity index (χ0n) is 32.2. The van der Waals surface area contributed by atoms with Crippen LogP contribution in [0.25, 0.3) is 0 Å². The summed E-state index contributed by atoms with van der Waals surface area (Å²) in [6.45, 7) is 3.88. The number of unbranched alkanes of at least 4 members (excludes halogenated alkanes) is 12.